The van der Waals surface area contributed by atoms with Crippen molar-refractivity contribution in [3.05, 3.63) is 59.0 Å². The summed E-state index contributed by atoms with van der Waals surface area (Å²) in [6, 6.07) is 11.5. The van der Waals surface area contributed by atoms with E-state index in [1.807, 2.05) is 43.3 Å². The Morgan fingerprint density at radius 1 is 1.32 bits per heavy atom. The summed E-state index contributed by atoms with van der Waals surface area (Å²) in [4.78, 5) is 12.2. The van der Waals surface area contributed by atoms with Gasteiger partial charge in [0.05, 0.1) is 12.6 Å². The van der Waals surface area contributed by atoms with Crippen molar-refractivity contribution < 1.29 is 9.21 Å². The normalized spacial score (nSPS) is 17.8. The van der Waals surface area contributed by atoms with E-state index in [9.17, 15) is 4.79 Å². The van der Waals surface area contributed by atoms with Crippen LogP contribution in [0.3, 0.4) is 0 Å². The van der Waals surface area contributed by atoms with Crippen molar-refractivity contribution in [2.24, 2.45) is 5.41 Å². The molecule has 1 aliphatic rings. The SMILES string of the molecule is Cc1cc2c(o1)CC(C)(C)CC2NC(=O)NCC#Cc1ccccc1. The van der Waals surface area contributed by atoms with E-state index in [2.05, 4.69) is 36.3 Å². The van der Waals surface area contributed by atoms with Crippen LogP contribution in [0, 0.1) is 24.2 Å². The van der Waals surface area contributed by atoms with Crippen LogP contribution in [0.25, 0.3) is 0 Å². The summed E-state index contributed by atoms with van der Waals surface area (Å²) in [6.07, 6.45) is 1.79. The first-order chi connectivity index (χ1) is 11.9. The molecule has 0 saturated heterocycles. The van der Waals surface area contributed by atoms with E-state index in [1.165, 1.54) is 0 Å². The van der Waals surface area contributed by atoms with Crippen molar-refractivity contribution in [3.63, 3.8) is 0 Å². The van der Waals surface area contributed by atoms with Crippen LogP contribution in [-0.2, 0) is 6.42 Å². The van der Waals surface area contributed by atoms with Crippen molar-refractivity contribution in [3.8, 4) is 11.8 Å². The molecule has 0 aliphatic heterocycles. The highest BCUT2D eigenvalue weighted by Crippen LogP contribution is 2.41. The molecule has 0 saturated carbocycles. The fourth-order valence-electron chi connectivity index (χ4n) is 3.31. The molecule has 1 aromatic heterocycles. The number of rotatable bonds is 2. The monoisotopic (exact) mass is 336 g/mol. The quantitative estimate of drug-likeness (QED) is 0.816. The number of amides is 2. The zero-order chi connectivity index (χ0) is 17.9. The number of urea groups is 1. The lowest BCUT2D eigenvalue weighted by Gasteiger charge is -2.34. The number of hydrogen-bond donors (Lipinski definition) is 2. The fraction of sp³-hybridized carbons (Fsp3) is 0.381. The third-order valence-electron chi connectivity index (χ3n) is 4.39. The van der Waals surface area contributed by atoms with Crippen LogP contribution in [0.5, 0.6) is 0 Å². The molecule has 1 aromatic carbocycles. The summed E-state index contributed by atoms with van der Waals surface area (Å²) in [6.45, 7) is 6.66. The summed E-state index contributed by atoms with van der Waals surface area (Å²) in [7, 11) is 0. The molecule has 130 valence electrons. The molecule has 3 rings (SSSR count). The summed E-state index contributed by atoms with van der Waals surface area (Å²) in [5.41, 5.74) is 2.14. The molecule has 0 fully saturated rings. The first kappa shape index (κ1) is 17.2. The minimum Gasteiger partial charge on any atom is -0.466 e. The van der Waals surface area contributed by atoms with Crippen LogP contribution in [0.4, 0.5) is 4.79 Å². The van der Waals surface area contributed by atoms with E-state index in [1.54, 1.807) is 0 Å². The van der Waals surface area contributed by atoms with Gasteiger partial charge in [-0.15, -0.1) is 0 Å². The average molecular weight is 336 g/mol. The molecule has 2 amide bonds. The Labute approximate surface area is 149 Å². The van der Waals surface area contributed by atoms with Crippen molar-refractivity contribution in [1.29, 1.82) is 0 Å². The zero-order valence-electron chi connectivity index (χ0n) is 15.0. The van der Waals surface area contributed by atoms with Gasteiger partial charge in [0, 0.05) is 17.5 Å². The van der Waals surface area contributed by atoms with Crippen LogP contribution >= 0.6 is 0 Å². The Hall–Kier alpha value is -2.67. The average Bonchev–Trinajstić information content (AvgIpc) is 2.91. The second kappa shape index (κ2) is 7.06. The minimum absolute atomic E-state index is 0.0294. The molecule has 0 bridgehead atoms. The highest BCUT2D eigenvalue weighted by atomic mass is 16.3. The molecule has 0 radical (unpaired) electrons. The maximum Gasteiger partial charge on any atom is 0.316 e. The summed E-state index contributed by atoms with van der Waals surface area (Å²) in [5.74, 6) is 7.88. The number of furan rings is 1. The van der Waals surface area contributed by atoms with E-state index in [-0.39, 0.29) is 17.5 Å². The van der Waals surface area contributed by atoms with Crippen LogP contribution in [-0.4, -0.2) is 12.6 Å². The van der Waals surface area contributed by atoms with Crippen molar-refractivity contribution in [1.82, 2.24) is 10.6 Å². The zero-order valence-corrected chi connectivity index (χ0v) is 15.0. The van der Waals surface area contributed by atoms with Crippen molar-refractivity contribution >= 4 is 6.03 Å². The molecular weight excluding hydrogens is 312 g/mol. The molecule has 1 heterocycles. The van der Waals surface area contributed by atoms with E-state index in [0.717, 1.165) is 35.5 Å². The van der Waals surface area contributed by atoms with Crippen LogP contribution < -0.4 is 10.6 Å². The Balaban J connectivity index is 1.58. The topological polar surface area (TPSA) is 54.3 Å². The maximum absolute atomic E-state index is 12.2. The van der Waals surface area contributed by atoms with Crippen LogP contribution in [0.15, 0.2) is 40.8 Å². The molecule has 1 aliphatic carbocycles. The summed E-state index contributed by atoms with van der Waals surface area (Å²) in [5, 5.41) is 5.88. The minimum atomic E-state index is -0.199. The highest BCUT2D eigenvalue weighted by Gasteiger charge is 2.35. The molecule has 0 spiro atoms. The van der Waals surface area contributed by atoms with E-state index >= 15 is 0 Å². The lowest BCUT2D eigenvalue weighted by atomic mass is 9.75. The predicted molar refractivity (Wildman–Crippen MR) is 98.1 cm³/mol. The molecule has 1 atom stereocenters. The van der Waals surface area contributed by atoms with Gasteiger partial charge in [0.25, 0.3) is 0 Å². The highest BCUT2D eigenvalue weighted by molar-refractivity contribution is 5.74. The fourth-order valence-corrected chi connectivity index (χ4v) is 3.31. The molecule has 1 unspecified atom stereocenters. The number of carbonyl (C=O) groups excluding carboxylic acids is 1. The molecule has 2 N–H and O–H groups in total. The van der Waals surface area contributed by atoms with Crippen molar-refractivity contribution in [2.75, 3.05) is 6.54 Å². The number of nitrogens with one attached hydrogen (secondary N) is 2. The largest absolute Gasteiger partial charge is 0.466 e. The molecule has 4 heteroatoms. The Bertz CT molecular complexity index is 809. The number of aryl methyl sites for hydroxylation is 1. The van der Waals surface area contributed by atoms with Gasteiger partial charge in [-0.2, -0.15) is 0 Å². The van der Waals surface area contributed by atoms with Gasteiger partial charge in [-0.25, -0.2) is 4.79 Å². The third-order valence-corrected chi connectivity index (χ3v) is 4.39. The maximum atomic E-state index is 12.2. The number of carbonyl (C=O) groups is 1. The number of fused-ring (bicyclic) bond motifs is 1. The standard InChI is InChI=1S/C21H24N2O2/c1-15-12-17-18(13-21(2,3)14-19(17)25-15)23-20(24)22-11-7-10-16-8-5-4-6-9-16/h4-6,8-9,12,18H,11,13-14H2,1-3H3,(H2,22,23,24). The molecule has 4 nitrogen and oxygen atoms in total. The number of benzene rings is 1. The van der Waals surface area contributed by atoms with Gasteiger partial charge >= 0.3 is 6.03 Å². The van der Waals surface area contributed by atoms with Gasteiger partial charge in [0.15, 0.2) is 0 Å². The van der Waals surface area contributed by atoms with Gasteiger partial charge in [0.2, 0.25) is 0 Å². The lowest BCUT2D eigenvalue weighted by molar-refractivity contribution is 0.215. The van der Waals surface area contributed by atoms with Gasteiger partial charge in [-0.05, 0) is 37.0 Å². The second-order valence-electron chi connectivity index (χ2n) is 7.33. The Morgan fingerprint density at radius 3 is 2.84 bits per heavy atom. The van der Waals surface area contributed by atoms with Crippen LogP contribution in [0.2, 0.25) is 0 Å². The summed E-state index contributed by atoms with van der Waals surface area (Å²) >= 11 is 0. The molecular formula is C21H24N2O2. The smallest absolute Gasteiger partial charge is 0.316 e. The van der Waals surface area contributed by atoms with Gasteiger partial charge in [0.1, 0.15) is 11.5 Å². The van der Waals surface area contributed by atoms with Gasteiger partial charge < -0.3 is 15.1 Å². The second-order valence-corrected chi connectivity index (χ2v) is 7.33. The Morgan fingerprint density at radius 2 is 2.08 bits per heavy atom. The lowest BCUT2D eigenvalue weighted by Crippen LogP contribution is -2.41. The molecule has 25 heavy (non-hydrogen) atoms. The Kier molecular flexibility index (Phi) is 4.85. The third kappa shape index (κ3) is 4.45. The van der Waals surface area contributed by atoms with Gasteiger partial charge in [-0.1, -0.05) is 43.9 Å². The van der Waals surface area contributed by atoms with E-state index in [4.69, 9.17) is 4.42 Å². The first-order valence-electron chi connectivity index (χ1n) is 8.60. The van der Waals surface area contributed by atoms with E-state index in [0.29, 0.717) is 6.54 Å². The first-order valence-corrected chi connectivity index (χ1v) is 8.60. The predicted octanol–water partition coefficient (Wildman–Crippen LogP) is 3.95. The van der Waals surface area contributed by atoms with Crippen LogP contribution in [0.1, 0.15) is 49.0 Å². The van der Waals surface area contributed by atoms with Crippen molar-refractivity contribution in [2.45, 2.75) is 39.7 Å². The molecule has 2 aromatic rings. The van der Waals surface area contributed by atoms with Gasteiger partial charge in [-0.3, -0.25) is 0 Å². The number of hydrogen-bond acceptors (Lipinski definition) is 2. The van der Waals surface area contributed by atoms with E-state index < -0.39 is 0 Å². The summed E-state index contributed by atoms with van der Waals surface area (Å²) < 4.78 is 5.81.